The summed E-state index contributed by atoms with van der Waals surface area (Å²) < 4.78 is 5.48. The molecule has 5 heteroatoms. The fourth-order valence-electron chi connectivity index (χ4n) is 1.14. The van der Waals surface area contributed by atoms with Gasteiger partial charge >= 0.3 is 0 Å². The highest BCUT2D eigenvalue weighted by Gasteiger charge is 2.08. The second-order valence-electron chi connectivity index (χ2n) is 3.16. The Balaban J connectivity index is 1.98. The zero-order valence-corrected chi connectivity index (χ0v) is 9.38. The largest absolute Gasteiger partial charge is 0.410 e. The molecule has 2 rings (SSSR count). The Morgan fingerprint density at radius 3 is 3.13 bits per heavy atom. The first-order valence-corrected chi connectivity index (χ1v) is 5.98. The van der Waals surface area contributed by atoms with Crippen LogP contribution in [0.15, 0.2) is 28.0 Å². The predicted molar refractivity (Wildman–Crippen MR) is 59.7 cm³/mol. The topological polar surface area (TPSA) is 54.7 Å². The van der Waals surface area contributed by atoms with E-state index in [0.29, 0.717) is 11.1 Å². The van der Waals surface area contributed by atoms with Gasteiger partial charge in [0, 0.05) is 11.9 Å². The van der Waals surface area contributed by atoms with Gasteiger partial charge in [-0.05, 0) is 18.6 Å². The van der Waals surface area contributed by atoms with Crippen LogP contribution in [0, 0.1) is 0 Å². The van der Waals surface area contributed by atoms with Gasteiger partial charge in [0.1, 0.15) is 5.69 Å². The van der Waals surface area contributed by atoms with Crippen molar-refractivity contribution in [3.8, 4) is 11.6 Å². The first kappa shape index (κ1) is 10.3. The van der Waals surface area contributed by atoms with E-state index in [1.54, 1.807) is 11.8 Å². The average molecular weight is 223 g/mol. The molecular formula is C10H13N3OS. The van der Waals surface area contributed by atoms with E-state index in [9.17, 15) is 0 Å². The van der Waals surface area contributed by atoms with Gasteiger partial charge < -0.3 is 9.40 Å². The number of aromatic nitrogens is 3. The molecule has 0 aliphatic heterocycles. The van der Waals surface area contributed by atoms with Crippen molar-refractivity contribution >= 4 is 11.8 Å². The maximum absolute atomic E-state index is 5.48. The molecule has 2 heterocycles. The Labute approximate surface area is 92.5 Å². The molecule has 0 aromatic carbocycles. The molecule has 2 aromatic heterocycles. The van der Waals surface area contributed by atoms with Crippen LogP contribution in [-0.2, 0) is 0 Å². The lowest BCUT2D eigenvalue weighted by atomic mass is 10.4. The zero-order chi connectivity index (χ0) is 10.5. The molecule has 15 heavy (non-hydrogen) atoms. The van der Waals surface area contributed by atoms with E-state index in [1.165, 1.54) is 12.8 Å². The van der Waals surface area contributed by atoms with Crippen molar-refractivity contribution in [2.75, 3.05) is 5.75 Å². The fraction of sp³-hybridized carbons (Fsp3) is 0.400. The Morgan fingerprint density at radius 1 is 1.47 bits per heavy atom. The van der Waals surface area contributed by atoms with Gasteiger partial charge in [0.05, 0.1) is 0 Å². The van der Waals surface area contributed by atoms with Crippen LogP contribution in [0.5, 0.6) is 0 Å². The zero-order valence-electron chi connectivity index (χ0n) is 8.56. The number of aromatic amines is 1. The molecule has 0 aliphatic carbocycles. The molecule has 0 aliphatic rings. The minimum absolute atomic E-state index is 0.555. The lowest BCUT2D eigenvalue weighted by Gasteiger charge is -1.92. The van der Waals surface area contributed by atoms with Gasteiger partial charge in [-0.15, -0.1) is 10.2 Å². The Kier molecular flexibility index (Phi) is 3.45. The van der Waals surface area contributed by atoms with Crippen LogP contribution < -0.4 is 0 Å². The van der Waals surface area contributed by atoms with E-state index in [1.807, 2.05) is 18.3 Å². The lowest BCUT2D eigenvalue weighted by molar-refractivity contribution is 0.464. The summed E-state index contributed by atoms with van der Waals surface area (Å²) in [5.41, 5.74) is 0.866. The maximum Gasteiger partial charge on any atom is 0.276 e. The molecule has 0 amide bonds. The van der Waals surface area contributed by atoms with Crippen molar-refractivity contribution in [3.05, 3.63) is 18.3 Å². The highest BCUT2D eigenvalue weighted by atomic mass is 32.2. The molecule has 0 saturated carbocycles. The van der Waals surface area contributed by atoms with Crippen molar-refractivity contribution in [2.24, 2.45) is 0 Å². The smallest absolute Gasteiger partial charge is 0.276 e. The summed E-state index contributed by atoms with van der Waals surface area (Å²) in [6, 6.07) is 3.82. The average Bonchev–Trinajstić information content (AvgIpc) is 2.87. The Hall–Kier alpha value is -1.23. The molecule has 0 unspecified atom stereocenters. The number of nitrogens with one attached hydrogen (secondary N) is 1. The van der Waals surface area contributed by atoms with Crippen molar-refractivity contribution < 1.29 is 4.42 Å². The lowest BCUT2D eigenvalue weighted by Crippen LogP contribution is -1.77. The molecule has 0 atom stereocenters. The third-order valence-electron chi connectivity index (χ3n) is 1.96. The summed E-state index contributed by atoms with van der Waals surface area (Å²) in [5, 5.41) is 8.59. The number of hydrogen-bond acceptors (Lipinski definition) is 4. The highest BCUT2D eigenvalue weighted by Crippen LogP contribution is 2.22. The summed E-state index contributed by atoms with van der Waals surface area (Å²) >= 11 is 1.61. The molecule has 2 aromatic rings. The Bertz CT molecular complexity index is 396. The molecule has 0 spiro atoms. The quantitative estimate of drug-likeness (QED) is 0.625. The van der Waals surface area contributed by atoms with E-state index in [4.69, 9.17) is 4.42 Å². The maximum atomic E-state index is 5.48. The van der Waals surface area contributed by atoms with Gasteiger partial charge in [-0.2, -0.15) is 0 Å². The SMILES string of the molecule is CCCCSc1nnc(-c2ccc[nH]2)o1. The normalized spacial score (nSPS) is 10.7. The minimum Gasteiger partial charge on any atom is -0.410 e. The van der Waals surface area contributed by atoms with Crippen LogP contribution in [0.1, 0.15) is 19.8 Å². The number of thioether (sulfide) groups is 1. The molecule has 0 radical (unpaired) electrons. The first-order chi connectivity index (χ1) is 7.40. The van der Waals surface area contributed by atoms with Crippen LogP contribution >= 0.6 is 11.8 Å². The number of rotatable bonds is 5. The van der Waals surface area contributed by atoms with Gasteiger partial charge in [-0.3, -0.25) is 0 Å². The van der Waals surface area contributed by atoms with Gasteiger partial charge in [-0.25, -0.2) is 0 Å². The summed E-state index contributed by atoms with van der Waals surface area (Å²) in [7, 11) is 0. The van der Waals surface area contributed by atoms with Crippen LogP contribution in [0.4, 0.5) is 0 Å². The van der Waals surface area contributed by atoms with E-state index in [2.05, 4.69) is 22.1 Å². The van der Waals surface area contributed by atoms with Crippen LogP contribution in [0.25, 0.3) is 11.6 Å². The van der Waals surface area contributed by atoms with E-state index >= 15 is 0 Å². The second-order valence-corrected chi connectivity index (χ2v) is 4.21. The molecule has 0 bridgehead atoms. The fourth-order valence-corrected chi connectivity index (χ4v) is 1.99. The standard InChI is InChI=1S/C10H13N3OS/c1-2-3-7-15-10-13-12-9(14-10)8-5-4-6-11-8/h4-6,11H,2-3,7H2,1H3. The number of H-pyrrole nitrogens is 1. The van der Waals surface area contributed by atoms with Crippen molar-refractivity contribution in [2.45, 2.75) is 25.0 Å². The van der Waals surface area contributed by atoms with E-state index in [0.717, 1.165) is 11.4 Å². The van der Waals surface area contributed by atoms with Crippen molar-refractivity contribution in [3.63, 3.8) is 0 Å². The summed E-state index contributed by atoms with van der Waals surface area (Å²) in [4.78, 5) is 3.03. The number of hydrogen-bond donors (Lipinski definition) is 1. The van der Waals surface area contributed by atoms with E-state index in [-0.39, 0.29) is 0 Å². The molecule has 0 saturated heterocycles. The second kappa shape index (κ2) is 5.02. The first-order valence-electron chi connectivity index (χ1n) is 5.00. The molecular weight excluding hydrogens is 210 g/mol. The van der Waals surface area contributed by atoms with Crippen LogP contribution in [0.3, 0.4) is 0 Å². The molecule has 80 valence electrons. The van der Waals surface area contributed by atoms with Gasteiger partial charge in [0.15, 0.2) is 0 Å². The van der Waals surface area contributed by atoms with Gasteiger partial charge in [0.2, 0.25) is 0 Å². The number of nitrogens with zero attached hydrogens (tertiary/aromatic N) is 2. The van der Waals surface area contributed by atoms with Crippen molar-refractivity contribution in [1.82, 2.24) is 15.2 Å². The summed E-state index contributed by atoms with van der Waals surface area (Å²) in [6.07, 6.45) is 4.19. The monoisotopic (exact) mass is 223 g/mol. The van der Waals surface area contributed by atoms with Gasteiger partial charge in [-0.1, -0.05) is 25.1 Å². The van der Waals surface area contributed by atoms with E-state index < -0.39 is 0 Å². The third kappa shape index (κ3) is 2.62. The summed E-state index contributed by atoms with van der Waals surface area (Å²) in [5.74, 6) is 1.59. The predicted octanol–water partition coefficient (Wildman–Crippen LogP) is 2.96. The van der Waals surface area contributed by atoms with Gasteiger partial charge in [0.25, 0.3) is 11.1 Å². The van der Waals surface area contributed by atoms with Crippen molar-refractivity contribution in [1.29, 1.82) is 0 Å². The number of unbranched alkanes of at least 4 members (excludes halogenated alkanes) is 1. The molecule has 1 N–H and O–H groups in total. The third-order valence-corrected chi connectivity index (χ3v) is 2.86. The van der Waals surface area contributed by atoms with Crippen LogP contribution in [0.2, 0.25) is 0 Å². The molecule has 4 nitrogen and oxygen atoms in total. The minimum atomic E-state index is 0.555. The highest BCUT2D eigenvalue weighted by molar-refractivity contribution is 7.99. The summed E-state index contributed by atoms with van der Waals surface area (Å²) in [6.45, 7) is 2.17. The molecule has 0 fully saturated rings. The Morgan fingerprint density at radius 2 is 2.40 bits per heavy atom. The van der Waals surface area contributed by atoms with Crippen LogP contribution in [-0.4, -0.2) is 20.9 Å².